The molecule has 2 N–H and O–H groups in total. The van der Waals surface area contributed by atoms with Crippen molar-refractivity contribution >= 4 is 5.91 Å². The van der Waals surface area contributed by atoms with Crippen LogP contribution in [0.25, 0.3) is 0 Å². The lowest BCUT2D eigenvalue weighted by Crippen LogP contribution is -2.40. The molecule has 0 radical (unpaired) electrons. The summed E-state index contributed by atoms with van der Waals surface area (Å²) in [6.45, 7) is 4.28. The Kier molecular flexibility index (Phi) is 3.60. The lowest BCUT2D eigenvalue weighted by atomic mass is 9.79. The highest BCUT2D eigenvalue weighted by molar-refractivity contribution is 5.95. The standard InChI is InChI=1S/C15H22N2O2/c1-2-14-13(5-6-19-14)15(18)17-12-4-3-10-8-16-9-11(10)7-12/h5-6,10-12,16H,2-4,7-9H2,1H3,(H,17,18)/t10-,11+,12?/m0/s1. The number of carbonyl (C=O) groups is 1. The molecule has 0 bridgehead atoms. The quantitative estimate of drug-likeness (QED) is 0.875. The number of furan rings is 1. The Labute approximate surface area is 113 Å². The van der Waals surface area contributed by atoms with Gasteiger partial charge in [-0.2, -0.15) is 0 Å². The molecule has 104 valence electrons. The summed E-state index contributed by atoms with van der Waals surface area (Å²) in [4.78, 5) is 12.3. The summed E-state index contributed by atoms with van der Waals surface area (Å²) < 4.78 is 5.32. The molecule has 1 unspecified atom stereocenters. The number of aryl methyl sites for hydroxylation is 1. The second-order valence-corrected chi connectivity index (χ2v) is 5.77. The Bertz CT molecular complexity index is 455. The van der Waals surface area contributed by atoms with Crippen molar-refractivity contribution in [3.05, 3.63) is 23.7 Å². The van der Waals surface area contributed by atoms with Gasteiger partial charge in [0.25, 0.3) is 5.91 Å². The number of hydrogen-bond acceptors (Lipinski definition) is 3. The molecule has 3 atom stereocenters. The fraction of sp³-hybridized carbons (Fsp3) is 0.667. The van der Waals surface area contributed by atoms with Crippen molar-refractivity contribution in [1.82, 2.24) is 10.6 Å². The molecule has 1 saturated heterocycles. The van der Waals surface area contributed by atoms with Crippen LogP contribution >= 0.6 is 0 Å². The number of rotatable bonds is 3. The van der Waals surface area contributed by atoms with Crippen molar-refractivity contribution in [2.75, 3.05) is 13.1 Å². The van der Waals surface area contributed by atoms with Gasteiger partial charge in [-0.3, -0.25) is 4.79 Å². The first-order chi connectivity index (χ1) is 9.28. The Morgan fingerprint density at radius 2 is 2.26 bits per heavy atom. The van der Waals surface area contributed by atoms with Gasteiger partial charge in [0, 0.05) is 12.5 Å². The van der Waals surface area contributed by atoms with Crippen LogP contribution in [0.3, 0.4) is 0 Å². The molecule has 2 heterocycles. The topological polar surface area (TPSA) is 54.3 Å². The van der Waals surface area contributed by atoms with Crippen molar-refractivity contribution in [2.24, 2.45) is 11.8 Å². The smallest absolute Gasteiger partial charge is 0.255 e. The first-order valence-electron chi connectivity index (χ1n) is 7.36. The first-order valence-corrected chi connectivity index (χ1v) is 7.36. The molecule has 4 heteroatoms. The van der Waals surface area contributed by atoms with E-state index >= 15 is 0 Å². The SMILES string of the molecule is CCc1occc1C(=O)NC1CC[C@H]2CNC[C@H]2C1. The maximum absolute atomic E-state index is 12.3. The third kappa shape index (κ3) is 2.54. The molecule has 1 saturated carbocycles. The summed E-state index contributed by atoms with van der Waals surface area (Å²) in [5.41, 5.74) is 0.703. The number of fused-ring (bicyclic) bond motifs is 1. The van der Waals surface area contributed by atoms with Crippen LogP contribution in [0.1, 0.15) is 42.3 Å². The fourth-order valence-corrected chi connectivity index (χ4v) is 3.51. The highest BCUT2D eigenvalue weighted by atomic mass is 16.3. The molecule has 0 aromatic carbocycles. The summed E-state index contributed by atoms with van der Waals surface area (Å²) in [5.74, 6) is 2.39. The van der Waals surface area contributed by atoms with E-state index in [0.717, 1.165) is 49.9 Å². The number of nitrogens with one attached hydrogen (secondary N) is 2. The monoisotopic (exact) mass is 262 g/mol. The zero-order valence-corrected chi connectivity index (χ0v) is 11.4. The molecule has 1 amide bonds. The minimum absolute atomic E-state index is 0.0278. The molecule has 2 fully saturated rings. The minimum Gasteiger partial charge on any atom is -0.469 e. The molecular weight excluding hydrogens is 240 g/mol. The fourth-order valence-electron chi connectivity index (χ4n) is 3.51. The van der Waals surface area contributed by atoms with Gasteiger partial charge in [0.1, 0.15) is 5.76 Å². The summed E-state index contributed by atoms with van der Waals surface area (Å²) >= 11 is 0. The van der Waals surface area contributed by atoms with Crippen LogP contribution in [0.15, 0.2) is 16.7 Å². The van der Waals surface area contributed by atoms with Gasteiger partial charge < -0.3 is 15.1 Å². The molecule has 1 aromatic heterocycles. The van der Waals surface area contributed by atoms with Crippen molar-refractivity contribution in [2.45, 2.75) is 38.6 Å². The van der Waals surface area contributed by atoms with E-state index in [-0.39, 0.29) is 5.91 Å². The number of carbonyl (C=O) groups excluding carboxylic acids is 1. The van der Waals surface area contributed by atoms with Crippen LogP contribution in [0.2, 0.25) is 0 Å². The van der Waals surface area contributed by atoms with Crippen LogP contribution in [-0.2, 0) is 6.42 Å². The summed E-state index contributed by atoms with van der Waals surface area (Å²) in [6.07, 6.45) is 5.81. The lowest BCUT2D eigenvalue weighted by Gasteiger charge is -2.31. The van der Waals surface area contributed by atoms with E-state index in [1.165, 1.54) is 6.42 Å². The molecule has 1 aliphatic heterocycles. The predicted molar refractivity (Wildman–Crippen MR) is 73.0 cm³/mol. The van der Waals surface area contributed by atoms with Gasteiger partial charge in [-0.05, 0) is 50.3 Å². The third-order valence-electron chi connectivity index (χ3n) is 4.60. The van der Waals surface area contributed by atoms with Crippen molar-refractivity contribution in [3.8, 4) is 0 Å². The van der Waals surface area contributed by atoms with Gasteiger partial charge in [0.05, 0.1) is 11.8 Å². The normalized spacial score (nSPS) is 30.1. The van der Waals surface area contributed by atoms with Crippen LogP contribution in [0.4, 0.5) is 0 Å². The van der Waals surface area contributed by atoms with Crippen LogP contribution in [0.5, 0.6) is 0 Å². The van der Waals surface area contributed by atoms with Gasteiger partial charge >= 0.3 is 0 Å². The Hall–Kier alpha value is -1.29. The Balaban J connectivity index is 1.61. The molecule has 19 heavy (non-hydrogen) atoms. The summed E-state index contributed by atoms with van der Waals surface area (Å²) in [5, 5.41) is 6.64. The Morgan fingerprint density at radius 3 is 3.11 bits per heavy atom. The maximum atomic E-state index is 12.3. The summed E-state index contributed by atoms with van der Waals surface area (Å²) in [7, 11) is 0. The van der Waals surface area contributed by atoms with Crippen LogP contribution < -0.4 is 10.6 Å². The largest absolute Gasteiger partial charge is 0.469 e. The minimum atomic E-state index is 0.0278. The van der Waals surface area contributed by atoms with Crippen LogP contribution in [-0.4, -0.2) is 25.0 Å². The van der Waals surface area contributed by atoms with E-state index in [1.807, 2.05) is 6.92 Å². The zero-order chi connectivity index (χ0) is 13.2. The second kappa shape index (κ2) is 5.37. The van der Waals surface area contributed by atoms with E-state index in [0.29, 0.717) is 11.6 Å². The lowest BCUT2D eigenvalue weighted by molar-refractivity contribution is 0.0911. The molecule has 0 spiro atoms. The van der Waals surface area contributed by atoms with Gasteiger partial charge in [0.15, 0.2) is 0 Å². The highest BCUT2D eigenvalue weighted by Crippen LogP contribution is 2.32. The molecule has 1 aromatic rings. The van der Waals surface area contributed by atoms with E-state index in [1.54, 1.807) is 12.3 Å². The highest BCUT2D eigenvalue weighted by Gasteiger charge is 2.34. The van der Waals surface area contributed by atoms with Crippen molar-refractivity contribution in [1.29, 1.82) is 0 Å². The predicted octanol–water partition coefficient (Wildman–Crippen LogP) is 1.96. The van der Waals surface area contributed by atoms with E-state index in [9.17, 15) is 4.79 Å². The van der Waals surface area contributed by atoms with Crippen LogP contribution in [0, 0.1) is 11.8 Å². The molecule has 2 aliphatic rings. The zero-order valence-electron chi connectivity index (χ0n) is 11.4. The Morgan fingerprint density at radius 1 is 1.42 bits per heavy atom. The molecular formula is C15H22N2O2. The van der Waals surface area contributed by atoms with Crippen molar-refractivity contribution in [3.63, 3.8) is 0 Å². The molecule has 1 aliphatic carbocycles. The van der Waals surface area contributed by atoms with E-state index in [4.69, 9.17) is 4.42 Å². The van der Waals surface area contributed by atoms with E-state index in [2.05, 4.69) is 10.6 Å². The molecule has 4 nitrogen and oxygen atoms in total. The van der Waals surface area contributed by atoms with Gasteiger partial charge in [0.2, 0.25) is 0 Å². The van der Waals surface area contributed by atoms with Crippen molar-refractivity contribution < 1.29 is 9.21 Å². The second-order valence-electron chi connectivity index (χ2n) is 5.77. The first kappa shape index (κ1) is 12.7. The third-order valence-corrected chi connectivity index (χ3v) is 4.60. The average Bonchev–Trinajstić information content (AvgIpc) is 3.06. The van der Waals surface area contributed by atoms with Gasteiger partial charge in [-0.1, -0.05) is 6.92 Å². The average molecular weight is 262 g/mol. The van der Waals surface area contributed by atoms with E-state index < -0.39 is 0 Å². The maximum Gasteiger partial charge on any atom is 0.255 e. The number of hydrogen-bond donors (Lipinski definition) is 2. The van der Waals surface area contributed by atoms with Gasteiger partial charge in [-0.15, -0.1) is 0 Å². The van der Waals surface area contributed by atoms with Gasteiger partial charge in [-0.25, -0.2) is 0 Å². The molecule has 3 rings (SSSR count). The number of amides is 1. The summed E-state index contributed by atoms with van der Waals surface area (Å²) in [6, 6.07) is 2.10.